The van der Waals surface area contributed by atoms with Gasteiger partial charge in [0.05, 0.1) is 14.8 Å². The van der Waals surface area contributed by atoms with Crippen LogP contribution in [0.3, 0.4) is 0 Å². The maximum atomic E-state index is 11.8. The molecular weight excluding hydrogens is 280 g/mol. The van der Waals surface area contributed by atoms with Crippen molar-refractivity contribution >= 4 is 34.6 Å². The predicted octanol–water partition coefficient (Wildman–Crippen LogP) is 1.01. The van der Waals surface area contributed by atoms with E-state index in [0.717, 1.165) is 4.21 Å². The number of nitrogens with one attached hydrogen (secondary N) is 2. The summed E-state index contributed by atoms with van der Waals surface area (Å²) in [6.45, 7) is 1.86. The number of hydrogen-bond donors (Lipinski definition) is 2. The molecule has 0 unspecified atom stereocenters. The van der Waals surface area contributed by atoms with Crippen LogP contribution in [0.4, 0.5) is 0 Å². The first-order valence-corrected chi connectivity index (χ1v) is 7.32. The molecule has 0 aliphatic heterocycles. The minimum absolute atomic E-state index is 0.389. The predicted molar refractivity (Wildman–Crippen MR) is 80.9 cm³/mol. The van der Waals surface area contributed by atoms with E-state index in [9.17, 15) is 9.59 Å². The molecule has 4 nitrogen and oxygen atoms in total. The molecule has 0 aromatic carbocycles. The van der Waals surface area contributed by atoms with E-state index in [2.05, 4.69) is 9.97 Å². The van der Waals surface area contributed by atoms with Crippen molar-refractivity contribution in [1.29, 1.82) is 0 Å². The van der Waals surface area contributed by atoms with Gasteiger partial charge in [-0.3, -0.25) is 9.78 Å². The molecule has 2 rings (SSSR count). The summed E-state index contributed by atoms with van der Waals surface area (Å²) >= 11 is 3.08. The third-order valence-corrected chi connectivity index (χ3v) is 4.21. The minimum atomic E-state index is -0.499. The highest BCUT2D eigenvalue weighted by molar-refractivity contribution is 8.08. The monoisotopic (exact) mass is 292 g/mol. The second-order valence-corrected chi connectivity index (χ2v) is 5.71. The summed E-state index contributed by atoms with van der Waals surface area (Å²) < 4.78 is 1.10. The van der Waals surface area contributed by atoms with Crippen LogP contribution in [-0.4, -0.2) is 9.97 Å². The Morgan fingerprint density at radius 1 is 1.32 bits per heavy atom. The van der Waals surface area contributed by atoms with Crippen molar-refractivity contribution in [3.8, 4) is 0 Å². The van der Waals surface area contributed by atoms with Gasteiger partial charge in [0.2, 0.25) is 0 Å². The molecule has 0 saturated carbocycles. The number of hydrogen-bond acceptors (Lipinski definition) is 4. The van der Waals surface area contributed by atoms with Crippen LogP contribution < -0.4 is 21.8 Å². The molecule has 2 heterocycles. The van der Waals surface area contributed by atoms with E-state index in [0.29, 0.717) is 10.6 Å². The van der Waals surface area contributed by atoms with Crippen LogP contribution in [0, 0.1) is 0 Å². The standard InChI is InChI=1S/C13H12N2O2S2/c1-2-3-5-9-10(14-13(17)15-12(9)16)8-19-11-6-4-7-18-11/h2-8H,1H3,(H2,14,15,16,17)/b3-2-,9-5+,10-8-. The van der Waals surface area contributed by atoms with Gasteiger partial charge in [0.25, 0.3) is 5.56 Å². The van der Waals surface area contributed by atoms with Gasteiger partial charge in [-0.05, 0) is 24.4 Å². The van der Waals surface area contributed by atoms with Crippen LogP contribution in [0.25, 0.3) is 11.5 Å². The van der Waals surface area contributed by atoms with Crippen molar-refractivity contribution in [3.63, 3.8) is 0 Å². The number of allylic oxidation sites excluding steroid dienone is 2. The van der Waals surface area contributed by atoms with Gasteiger partial charge < -0.3 is 4.98 Å². The van der Waals surface area contributed by atoms with Crippen LogP contribution in [-0.2, 0) is 0 Å². The lowest BCUT2D eigenvalue weighted by molar-refractivity contribution is 0.986. The van der Waals surface area contributed by atoms with E-state index in [1.165, 1.54) is 11.8 Å². The molecule has 19 heavy (non-hydrogen) atoms. The smallest absolute Gasteiger partial charge is 0.306 e. The average Bonchev–Trinajstić information content (AvgIpc) is 2.88. The van der Waals surface area contributed by atoms with Crippen LogP contribution >= 0.6 is 23.1 Å². The van der Waals surface area contributed by atoms with E-state index < -0.39 is 5.69 Å². The Morgan fingerprint density at radius 3 is 2.84 bits per heavy atom. The molecule has 0 fully saturated rings. The van der Waals surface area contributed by atoms with Gasteiger partial charge >= 0.3 is 5.69 Å². The molecule has 0 aliphatic rings. The fraction of sp³-hybridized carbons (Fsp3) is 0.0769. The molecule has 0 aliphatic carbocycles. The number of rotatable bonds is 3. The summed E-state index contributed by atoms with van der Waals surface area (Å²) in [5, 5.41) is 4.72. The van der Waals surface area contributed by atoms with Gasteiger partial charge in [-0.2, -0.15) is 0 Å². The average molecular weight is 292 g/mol. The van der Waals surface area contributed by atoms with Gasteiger partial charge in [0, 0.05) is 5.41 Å². The van der Waals surface area contributed by atoms with Gasteiger partial charge in [0.15, 0.2) is 0 Å². The zero-order valence-electron chi connectivity index (χ0n) is 10.2. The van der Waals surface area contributed by atoms with Gasteiger partial charge in [-0.25, -0.2) is 4.79 Å². The molecule has 0 radical (unpaired) electrons. The highest BCUT2D eigenvalue weighted by atomic mass is 32.2. The molecule has 2 aromatic rings. The number of aromatic amines is 2. The Hall–Kier alpha value is -1.79. The maximum Gasteiger partial charge on any atom is 0.326 e. The number of aromatic nitrogens is 2. The van der Waals surface area contributed by atoms with Crippen molar-refractivity contribution in [2.75, 3.05) is 0 Å². The second-order valence-electron chi connectivity index (χ2n) is 3.60. The highest BCUT2D eigenvalue weighted by Gasteiger charge is 1.96. The molecule has 0 spiro atoms. The third-order valence-electron chi connectivity index (χ3n) is 2.25. The topological polar surface area (TPSA) is 65.7 Å². The third kappa shape index (κ3) is 3.59. The first kappa shape index (κ1) is 13.6. The Morgan fingerprint density at radius 2 is 2.16 bits per heavy atom. The zero-order valence-corrected chi connectivity index (χ0v) is 11.8. The van der Waals surface area contributed by atoms with E-state index in [-0.39, 0.29) is 5.56 Å². The lowest BCUT2D eigenvalue weighted by Gasteiger charge is -1.91. The quantitative estimate of drug-likeness (QED) is 0.830. The Labute approximate surface area is 117 Å². The minimum Gasteiger partial charge on any atom is -0.306 e. The Bertz CT molecular complexity index is 798. The Balaban J connectivity index is 2.58. The van der Waals surface area contributed by atoms with Crippen molar-refractivity contribution in [1.82, 2.24) is 9.97 Å². The van der Waals surface area contributed by atoms with E-state index in [1.54, 1.807) is 28.9 Å². The van der Waals surface area contributed by atoms with Crippen LogP contribution in [0.1, 0.15) is 6.92 Å². The Kier molecular flexibility index (Phi) is 4.59. The molecular formula is C13H12N2O2S2. The fourth-order valence-corrected chi connectivity index (χ4v) is 2.97. The molecule has 0 bridgehead atoms. The first-order valence-electron chi connectivity index (χ1n) is 5.56. The number of thiophene rings is 1. The summed E-state index contributed by atoms with van der Waals surface area (Å²) in [6, 6.07) is 3.93. The number of H-pyrrole nitrogens is 2. The molecule has 0 amide bonds. The van der Waals surface area contributed by atoms with Crippen molar-refractivity contribution in [2.24, 2.45) is 0 Å². The summed E-state index contributed by atoms with van der Waals surface area (Å²) in [4.78, 5) is 28.0. The summed E-state index contributed by atoms with van der Waals surface area (Å²) in [5.74, 6) is 0. The second kappa shape index (κ2) is 6.40. The normalized spacial score (nSPS) is 13.5. The van der Waals surface area contributed by atoms with Crippen LogP contribution in [0.2, 0.25) is 0 Å². The maximum absolute atomic E-state index is 11.8. The van der Waals surface area contributed by atoms with Crippen LogP contribution in [0.5, 0.6) is 0 Å². The highest BCUT2D eigenvalue weighted by Crippen LogP contribution is 2.23. The lowest BCUT2D eigenvalue weighted by Crippen LogP contribution is -2.48. The fourth-order valence-electron chi connectivity index (χ4n) is 1.41. The van der Waals surface area contributed by atoms with Gasteiger partial charge in [-0.15, -0.1) is 11.3 Å². The van der Waals surface area contributed by atoms with Crippen molar-refractivity contribution in [2.45, 2.75) is 11.1 Å². The summed E-state index contributed by atoms with van der Waals surface area (Å²) in [6.07, 6.45) is 5.26. The molecule has 2 aromatic heterocycles. The van der Waals surface area contributed by atoms with Gasteiger partial charge in [-0.1, -0.05) is 30.0 Å². The van der Waals surface area contributed by atoms with Crippen LogP contribution in [0.15, 0.2) is 43.5 Å². The zero-order chi connectivity index (χ0) is 13.7. The molecule has 6 heteroatoms. The van der Waals surface area contributed by atoms with Crippen molar-refractivity contribution in [3.05, 3.63) is 61.1 Å². The number of thioether (sulfide) groups is 1. The van der Waals surface area contributed by atoms with E-state index in [4.69, 9.17) is 0 Å². The summed E-state index contributed by atoms with van der Waals surface area (Å²) in [7, 11) is 0. The SMILES string of the molecule is C\C=C/C=c1/c(=O)[nH]c(=O)[nH]/c1=C\Sc1cccs1. The molecule has 0 atom stereocenters. The molecule has 98 valence electrons. The van der Waals surface area contributed by atoms with E-state index >= 15 is 0 Å². The van der Waals surface area contributed by atoms with Crippen molar-refractivity contribution < 1.29 is 0 Å². The lowest BCUT2D eigenvalue weighted by atomic mass is 10.3. The molecule has 2 N–H and O–H groups in total. The first-order chi connectivity index (χ1) is 9.20. The largest absolute Gasteiger partial charge is 0.326 e. The molecule has 0 saturated heterocycles. The van der Waals surface area contributed by atoms with E-state index in [1.807, 2.05) is 30.5 Å². The van der Waals surface area contributed by atoms with Gasteiger partial charge in [0.1, 0.15) is 0 Å². The summed E-state index contributed by atoms with van der Waals surface area (Å²) in [5.41, 5.74) is -0.888.